The number of hydrogen-bond donors (Lipinski definition) is 0. The average molecular weight is 361 g/mol. The molecule has 1 heterocycles. The van der Waals surface area contributed by atoms with E-state index in [9.17, 15) is 30.7 Å². The first-order chi connectivity index (χ1) is 10.1. The van der Waals surface area contributed by atoms with Gasteiger partial charge in [0.2, 0.25) is 0 Å². The molecule has 1 aliphatic rings. The molecule has 118 valence electrons. The third-order valence-corrected chi connectivity index (χ3v) is 7.31. The minimum atomic E-state index is -5.05. The quantitative estimate of drug-likeness (QED) is 0.496. The molecule has 0 nitrogen and oxygen atoms in total. The highest BCUT2D eigenvalue weighted by atomic mass is 35.7. The van der Waals surface area contributed by atoms with Gasteiger partial charge in [-0.15, -0.1) is 0 Å². The minimum Gasteiger partial charge on any atom is -0.204 e. The van der Waals surface area contributed by atoms with Crippen molar-refractivity contribution in [1.82, 2.24) is 0 Å². The smallest absolute Gasteiger partial charge is 0.204 e. The second-order valence-corrected chi connectivity index (χ2v) is 8.31. The lowest BCUT2D eigenvalue weighted by molar-refractivity contribution is -0.0365. The van der Waals surface area contributed by atoms with Gasteiger partial charge in [-0.2, -0.15) is 13.2 Å². The first-order valence-corrected chi connectivity index (χ1v) is 8.11. The van der Waals surface area contributed by atoms with Crippen LogP contribution in [0, 0.1) is 23.3 Å². The van der Waals surface area contributed by atoms with E-state index in [0.717, 1.165) is 0 Å². The molecule has 0 aliphatic carbocycles. The van der Waals surface area contributed by atoms with Crippen molar-refractivity contribution in [2.45, 2.75) is 15.3 Å². The van der Waals surface area contributed by atoms with Gasteiger partial charge >= 0.3 is 5.51 Å². The van der Waals surface area contributed by atoms with Crippen molar-refractivity contribution in [3.8, 4) is 11.1 Å². The Labute approximate surface area is 125 Å². The van der Waals surface area contributed by atoms with E-state index in [0.29, 0.717) is 24.3 Å². The predicted octanol–water partition coefficient (Wildman–Crippen LogP) is 6.12. The maximum atomic E-state index is 13.4. The van der Waals surface area contributed by atoms with Gasteiger partial charge in [0, 0.05) is 9.79 Å². The molecule has 0 unspecified atom stereocenters. The van der Waals surface area contributed by atoms with E-state index in [1.165, 1.54) is 0 Å². The van der Waals surface area contributed by atoms with Gasteiger partial charge in [0.05, 0.1) is 0 Å². The Bertz CT molecular complexity index is 742. The van der Waals surface area contributed by atoms with Crippen LogP contribution in [-0.4, -0.2) is 5.51 Å². The van der Waals surface area contributed by atoms with Crippen molar-refractivity contribution in [3.05, 3.63) is 47.5 Å². The average Bonchev–Trinajstić information content (AvgIpc) is 2.62. The van der Waals surface area contributed by atoms with Crippen molar-refractivity contribution in [1.29, 1.82) is 0 Å². The molecule has 0 saturated carbocycles. The van der Waals surface area contributed by atoms with Gasteiger partial charge in [-0.3, -0.25) is 0 Å². The maximum Gasteiger partial charge on any atom is 0.446 e. The normalized spacial score (nSPS) is 17.1. The Hall–Kier alpha value is -1.41. The molecule has 0 fully saturated rings. The van der Waals surface area contributed by atoms with E-state index in [1.807, 2.05) is 0 Å². The topological polar surface area (TPSA) is 0 Å². The fourth-order valence-corrected chi connectivity index (χ4v) is 5.29. The van der Waals surface area contributed by atoms with Gasteiger partial charge in [-0.25, -0.2) is 17.6 Å². The van der Waals surface area contributed by atoms with E-state index in [2.05, 4.69) is 0 Å². The Morgan fingerprint density at radius 1 is 0.682 bits per heavy atom. The van der Waals surface area contributed by atoms with Gasteiger partial charge in [0.15, 0.2) is 23.3 Å². The van der Waals surface area contributed by atoms with Crippen molar-refractivity contribution in [2.24, 2.45) is 0 Å². The van der Waals surface area contributed by atoms with E-state index >= 15 is 0 Å². The summed E-state index contributed by atoms with van der Waals surface area (Å²) in [4.78, 5) is -1.44. The van der Waals surface area contributed by atoms with Crippen LogP contribution in [0.4, 0.5) is 30.7 Å². The summed E-state index contributed by atoms with van der Waals surface area (Å²) in [6, 6.07) is 1.67. The highest BCUT2D eigenvalue weighted by Crippen LogP contribution is 2.82. The lowest BCUT2D eigenvalue weighted by Crippen LogP contribution is -2.15. The van der Waals surface area contributed by atoms with E-state index in [-0.39, 0.29) is 0 Å². The number of hydrogen-bond acceptors (Lipinski definition) is 0. The van der Waals surface area contributed by atoms with Crippen LogP contribution >= 0.6 is 19.9 Å². The van der Waals surface area contributed by atoms with Gasteiger partial charge in [-0.05, 0) is 55.3 Å². The summed E-state index contributed by atoms with van der Waals surface area (Å²) in [7, 11) is 1.38. The lowest BCUT2D eigenvalue weighted by atomic mass is 10.1. The molecule has 0 amide bonds. The van der Waals surface area contributed by atoms with Crippen LogP contribution in [0.2, 0.25) is 0 Å². The van der Waals surface area contributed by atoms with Crippen LogP contribution in [0.3, 0.4) is 0 Å². The monoisotopic (exact) mass is 360 g/mol. The molecule has 0 N–H and O–H groups in total. The van der Waals surface area contributed by atoms with Crippen molar-refractivity contribution in [3.63, 3.8) is 0 Å². The third-order valence-electron chi connectivity index (χ3n) is 3.26. The second kappa shape index (κ2) is 4.55. The fraction of sp³-hybridized carbons (Fsp3) is 0.0769. The Morgan fingerprint density at radius 2 is 1.00 bits per heavy atom. The zero-order chi connectivity index (χ0) is 16.4. The molecule has 3 rings (SSSR count). The van der Waals surface area contributed by atoms with Gasteiger partial charge < -0.3 is 0 Å². The summed E-state index contributed by atoms with van der Waals surface area (Å²) in [6.45, 7) is 0. The highest BCUT2D eigenvalue weighted by Gasteiger charge is 2.57. The molecule has 9 heteroatoms. The molecule has 2 aromatic rings. The molecule has 0 atom stereocenters. The van der Waals surface area contributed by atoms with Gasteiger partial charge in [0.1, 0.15) is 0 Å². The molecule has 2 aromatic carbocycles. The van der Waals surface area contributed by atoms with Crippen LogP contribution in [-0.2, 0) is 0 Å². The summed E-state index contributed by atoms with van der Waals surface area (Å²) < 4.78 is 93.7. The lowest BCUT2D eigenvalue weighted by Gasteiger charge is -2.32. The third kappa shape index (κ3) is 1.86. The van der Waals surface area contributed by atoms with E-state index in [1.54, 1.807) is 0 Å². The Morgan fingerprint density at radius 3 is 1.32 bits per heavy atom. The molecular weight excluding hydrogens is 357 g/mol. The SMILES string of the molecule is Fc1cc2c(cc1F)S(Cl)(C(F)(F)F)c1cc(F)c(F)cc1-2. The summed E-state index contributed by atoms with van der Waals surface area (Å²) in [6.07, 6.45) is 0. The number of benzene rings is 2. The van der Waals surface area contributed by atoms with Crippen LogP contribution < -0.4 is 0 Å². The molecule has 0 bridgehead atoms. The standard InChI is InChI=1S/C13H4ClF7S/c14-22(13(19,20)21)11-3-9(17)7(15)1-5(11)6-2-8(16)10(18)4-12(6)22/h1-4H. The van der Waals surface area contributed by atoms with Crippen molar-refractivity contribution >= 4 is 19.9 Å². The van der Waals surface area contributed by atoms with Crippen molar-refractivity contribution in [2.75, 3.05) is 0 Å². The molecule has 0 radical (unpaired) electrons. The number of halogens is 8. The number of fused-ring (bicyclic) bond motifs is 3. The summed E-state index contributed by atoms with van der Waals surface area (Å²) >= 11 is 0. The summed E-state index contributed by atoms with van der Waals surface area (Å²) in [5.74, 6) is -5.85. The molecule has 22 heavy (non-hydrogen) atoms. The minimum absolute atomic E-state index is 0.330. The van der Waals surface area contributed by atoms with Crippen LogP contribution in [0.5, 0.6) is 0 Å². The first kappa shape index (κ1) is 15.5. The molecular formula is C13H4ClF7S. The molecule has 1 aliphatic heterocycles. The highest BCUT2D eigenvalue weighted by molar-refractivity contribution is 8.52. The van der Waals surface area contributed by atoms with Crippen LogP contribution in [0.1, 0.15) is 0 Å². The number of alkyl halides is 3. The second-order valence-electron chi connectivity index (χ2n) is 4.51. The molecule has 0 saturated heterocycles. The van der Waals surface area contributed by atoms with Gasteiger partial charge in [-0.1, -0.05) is 0 Å². The zero-order valence-electron chi connectivity index (χ0n) is 10.2. The Balaban J connectivity index is 2.46. The van der Waals surface area contributed by atoms with E-state index < -0.39 is 58.9 Å². The molecule has 0 aromatic heterocycles. The zero-order valence-corrected chi connectivity index (χ0v) is 11.8. The van der Waals surface area contributed by atoms with Crippen molar-refractivity contribution < 1.29 is 30.7 Å². The largest absolute Gasteiger partial charge is 0.446 e. The maximum absolute atomic E-state index is 13.4. The fourth-order valence-electron chi connectivity index (χ4n) is 2.31. The van der Waals surface area contributed by atoms with Gasteiger partial charge in [0.25, 0.3) is 0 Å². The first-order valence-electron chi connectivity index (χ1n) is 5.65. The van der Waals surface area contributed by atoms with E-state index in [4.69, 9.17) is 10.7 Å². The predicted molar refractivity (Wildman–Crippen MR) is 67.7 cm³/mol. The van der Waals surface area contributed by atoms with Crippen LogP contribution in [0.15, 0.2) is 34.1 Å². The molecule has 0 spiro atoms. The summed E-state index contributed by atoms with van der Waals surface area (Å²) in [5.41, 5.74) is -5.84. The Kier molecular flexibility index (Phi) is 3.20. The van der Waals surface area contributed by atoms with Crippen LogP contribution in [0.25, 0.3) is 11.1 Å². The number of rotatable bonds is 0. The summed E-state index contributed by atoms with van der Waals surface area (Å²) in [5, 5.41) is 0.